The highest BCUT2D eigenvalue weighted by molar-refractivity contribution is 7.17. The Balaban J connectivity index is 1.88. The number of carbonyl (C=O) groups excluding carboxylic acids is 2. The highest BCUT2D eigenvalue weighted by atomic mass is 32.1. The van der Waals surface area contributed by atoms with E-state index in [1.807, 2.05) is 0 Å². The van der Waals surface area contributed by atoms with Crippen LogP contribution in [0.1, 0.15) is 61.0 Å². The van der Waals surface area contributed by atoms with Crippen molar-refractivity contribution in [3.05, 3.63) is 38.5 Å². The number of nitrogens with one attached hydrogen (secondary N) is 1. The van der Waals surface area contributed by atoms with Gasteiger partial charge >= 0.3 is 11.7 Å². The minimum absolute atomic E-state index is 0.153. The van der Waals surface area contributed by atoms with E-state index in [1.54, 1.807) is 6.92 Å². The summed E-state index contributed by atoms with van der Waals surface area (Å²) in [5.41, 5.74) is 1.33. The van der Waals surface area contributed by atoms with Gasteiger partial charge in [0, 0.05) is 4.88 Å². The Kier molecular flexibility index (Phi) is 5.98. The summed E-state index contributed by atoms with van der Waals surface area (Å²) < 4.78 is 6.21. The number of nitrogens with zero attached hydrogens (tertiary/aromatic N) is 3. The van der Waals surface area contributed by atoms with E-state index in [1.165, 1.54) is 29.3 Å². The fourth-order valence-electron chi connectivity index (χ4n) is 3.70. The summed E-state index contributed by atoms with van der Waals surface area (Å²) in [6, 6.07) is -0.786. The molecule has 0 fully saturated rings. The van der Waals surface area contributed by atoms with Crippen LogP contribution < -0.4 is 5.32 Å². The first-order valence-electron chi connectivity index (χ1n) is 9.75. The van der Waals surface area contributed by atoms with E-state index in [0.29, 0.717) is 16.5 Å². The molecule has 1 aliphatic rings. The first-order chi connectivity index (χ1) is 14.0. The molecular weight excluding hydrogens is 408 g/mol. The molecule has 2 aromatic rings. The average Bonchev–Trinajstić information content (AvgIpc) is 3.30. The van der Waals surface area contributed by atoms with Crippen molar-refractivity contribution in [2.24, 2.45) is 11.3 Å². The molecule has 0 aromatic carbocycles. The van der Waals surface area contributed by atoms with Crippen LogP contribution in [0.5, 0.6) is 0 Å². The molecule has 9 nitrogen and oxygen atoms in total. The molecule has 1 amide bonds. The molecule has 0 aliphatic heterocycles. The van der Waals surface area contributed by atoms with Gasteiger partial charge in [0.05, 0.1) is 17.6 Å². The average molecular weight is 435 g/mol. The third-order valence-corrected chi connectivity index (χ3v) is 6.86. The zero-order valence-electron chi connectivity index (χ0n) is 17.7. The number of esters is 1. The monoisotopic (exact) mass is 434 g/mol. The molecule has 0 bridgehead atoms. The number of nitro groups is 1. The van der Waals surface area contributed by atoms with Crippen molar-refractivity contribution in [1.29, 1.82) is 0 Å². The van der Waals surface area contributed by atoms with E-state index in [4.69, 9.17) is 4.74 Å². The Morgan fingerprint density at radius 3 is 2.70 bits per heavy atom. The van der Waals surface area contributed by atoms with E-state index < -0.39 is 22.8 Å². The predicted molar refractivity (Wildman–Crippen MR) is 113 cm³/mol. The predicted octanol–water partition coefficient (Wildman–Crippen LogP) is 3.99. The molecule has 2 heterocycles. The number of aromatic nitrogens is 2. The van der Waals surface area contributed by atoms with Crippen LogP contribution in [0.4, 0.5) is 10.7 Å². The molecule has 0 radical (unpaired) electrons. The molecule has 0 spiro atoms. The minimum Gasteiger partial charge on any atom is -0.465 e. The van der Waals surface area contributed by atoms with Crippen molar-refractivity contribution >= 4 is 33.9 Å². The zero-order chi connectivity index (χ0) is 22.2. The number of hydrogen-bond acceptors (Lipinski definition) is 7. The highest BCUT2D eigenvalue weighted by Gasteiger charge is 2.34. The van der Waals surface area contributed by atoms with Crippen LogP contribution in [0.25, 0.3) is 0 Å². The number of rotatable bonds is 5. The summed E-state index contributed by atoms with van der Waals surface area (Å²) in [4.78, 5) is 36.7. The Hall–Kier alpha value is -2.75. The quantitative estimate of drug-likeness (QED) is 0.432. The second-order valence-electron chi connectivity index (χ2n) is 8.61. The van der Waals surface area contributed by atoms with Crippen LogP contribution >= 0.6 is 11.3 Å². The van der Waals surface area contributed by atoms with E-state index >= 15 is 0 Å². The van der Waals surface area contributed by atoms with Crippen molar-refractivity contribution in [2.45, 2.75) is 53.0 Å². The van der Waals surface area contributed by atoms with Gasteiger partial charge in [0.15, 0.2) is 0 Å². The van der Waals surface area contributed by atoms with Crippen LogP contribution in [0, 0.1) is 21.4 Å². The van der Waals surface area contributed by atoms with Crippen LogP contribution in [-0.2, 0) is 22.4 Å². The van der Waals surface area contributed by atoms with E-state index in [0.717, 1.165) is 35.9 Å². The summed E-state index contributed by atoms with van der Waals surface area (Å²) >= 11 is 1.41. The molecule has 0 saturated heterocycles. The topological polar surface area (TPSA) is 116 Å². The molecule has 2 atom stereocenters. The van der Waals surface area contributed by atoms with Gasteiger partial charge in [-0.05, 0) is 43.1 Å². The second kappa shape index (κ2) is 8.17. The van der Waals surface area contributed by atoms with Crippen molar-refractivity contribution in [3.63, 3.8) is 0 Å². The van der Waals surface area contributed by atoms with Gasteiger partial charge in [-0.15, -0.1) is 11.3 Å². The molecule has 1 N–H and O–H groups in total. The van der Waals surface area contributed by atoms with Crippen molar-refractivity contribution < 1.29 is 19.2 Å². The maximum atomic E-state index is 12.8. The SMILES string of the molecule is COC(=O)c1c(NC(=O)[C@@H](C)n2cc([N+](=O)[O-])cn2)sc2c1CC[C@H](C(C)(C)C)C2. The number of hydrogen-bond donors (Lipinski definition) is 1. The number of anilines is 1. The van der Waals surface area contributed by atoms with E-state index in [9.17, 15) is 19.7 Å². The number of methoxy groups -OCH3 is 1. The normalized spacial score (nSPS) is 17.2. The van der Waals surface area contributed by atoms with E-state index in [-0.39, 0.29) is 11.1 Å². The molecule has 2 aromatic heterocycles. The fourth-order valence-corrected chi connectivity index (χ4v) is 5.02. The van der Waals surface area contributed by atoms with E-state index in [2.05, 4.69) is 31.2 Å². The van der Waals surface area contributed by atoms with Crippen LogP contribution in [0.3, 0.4) is 0 Å². The van der Waals surface area contributed by atoms with Gasteiger partial charge in [0.1, 0.15) is 23.4 Å². The lowest BCUT2D eigenvalue weighted by atomic mass is 9.72. The fraction of sp³-hybridized carbons (Fsp3) is 0.550. The highest BCUT2D eigenvalue weighted by Crippen LogP contribution is 2.44. The van der Waals surface area contributed by atoms with Gasteiger partial charge in [-0.1, -0.05) is 20.8 Å². The van der Waals surface area contributed by atoms with Gasteiger partial charge in [0.2, 0.25) is 5.91 Å². The van der Waals surface area contributed by atoms with Gasteiger partial charge in [0.25, 0.3) is 0 Å². The number of carbonyl (C=O) groups is 2. The van der Waals surface area contributed by atoms with Gasteiger partial charge in [-0.2, -0.15) is 5.10 Å². The van der Waals surface area contributed by atoms with Crippen LogP contribution in [0.15, 0.2) is 12.4 Å². The lowest BCUT2D eigenvalue weighted by Gasteiger charge is -2.33. The van der Waals surface area contributed by atoms with Gasteiger partial charge in [-0.25, -0.2) is 4.79 Å². The summed E-state index contributed by atoms with van der Waals surface area (Å²) in [5, 5.41) is 18.0. The Labute approximate surface area is 178 Å². The number of thiophene rings is 1. The molecule has 3 rings (SSSR count). The van der Waals surface area contributed by atoms with Crippen LogP contribution in [0.2, 0.25) is 0 Å². The number of ether oxygens (including phenoxy) is 1. The number of amides is 1. The van der Waals surface area contributed by atoms with Crippen LogP contribution in [-0.4, -0.2) is 33.7 Å². The molecule has 10 heteroatoms. The Morgan fingerprint density at radius 2 is 2.13 bits per heavy atom. The zero-order valence-corrected chi connectivity index (χ0v) is 18.5. The molecule has 1 aliphatic carbocycles. The first-order valence-corrected chi connectivity index (χ1v) is 10.6. The standard InChI is InChI=1S/C20H26N4O5S/c1-11(23-10-13(9-21-23)24(27)28)17(25)22-18-16(19(26)29-5)14-7-6-12(20(2,3)4)8-15(14)30-18/h9-12H,6-8H2,1-5H3,(H,22,25)/t11-,12+/m1/s1. The van der Waals surface area contributed by atoms with Crippen molar-refractivity contribution in [3.8, 4) is 0 Å². The molecule has 0 unspecified atom stereocenters. The van der Waals surface area contributed by atoms with Gasteiger partial charge in [-0.3, -0.25) is 19.6 Å². The molecule has 162 valence electrons. The third-order valence-electron chi connectivity index (χ3n) is 5.69. The van der Waals surface area contributed by atoms with Crippen molar-refractivity contribution in [1.82, 2.24) is 9.78 Å². The molecule has 0 saturated carbocycles. The lowest BCUT2D eigenvalue weighted by molar-refractivity contribution is -0.385. The maximum absolute atomic E-state index is 12.8. The number of fused-ring (bicyclic) bond motifs is 1. The lowest BCUT2D eigenvalue weighted by Crippen LogP contribution is -2.26. The second-order valence-corrected chi connectivity index (χ2v) is 9.71. The van der Waals surface area contributed by atoms with Crippen molar-refractivity contribution in [2.75, 3.05) is 12.4 Å². The minimum atomic E-state index is -0.786. The summed E-state index contributed by atoms with van der Waals surface area (Å²) in [7, 11) is 1.32. The largest absolute Gasteiger partial charge is 0.465 e. The smallest absolute Gasteiger partial charge is 0.341 e. The summed E-state index contributed by atoms with van der Waals surface area (Å²) in [6.07, 6.45) is 4.89. The first kappa shape index (κ1) is 21.9. The summed E-state index contributed by atoms with van der Waals surface area (Å²) in [6.45, 7) is 8.23. The molecular formula is C20H26N4O5S. The Morgan fingerprint density at radius 1 is 1.43 bits per heavy atom. The van der Waals surface area contributed by atoms with Gasteiger partial charge < -0.3 is 10.1 Å². The summed E-state index contributed by atoms with van der Waals surface area (Å²) in [5.74, 6) is -0.398. The maximum Gasteiger partial charge on any atom is 0.341 e. The molecule has 30 heavy (non-hydrogen) atoms. The third kappa shape index (κ3) is 4.23. The Bertz CT molecular complexity index is 988.